The molecule has 0 fully saturated rings. The maximum absolute atomic E-state index is 9.15. The van der Waals surface area contributed by atoms with Crippen molar-refractivity contribution in [3.05, 3.63) is 53.0 Å². The van der Waals surface area contributed by atoms with Gasteiger partial charge in [0.1, 0.15) is 18.1 Å². The van der Waals surface area contributed by atoms with Crippen LogP contribution < -0.4 is 10.5 Å². The lowest BCUT2D eigenvalue weighted by molar-refractivity contribution is 0.199. The van der Waals surface area contributed by atoms with Crippen molar-refractivity contribution in [2.75, 3.05) is 13.2 Å². The first-order valence-electron chi connectivity index (χ1n) is 8.07. The summed E-state index contributed by atoms with van der Waals surface area (Å²) < 4.78 is 11.3. The molecule has 0 aliphatic heterocycles. The van der Waals surface area contributed by atoms with Gasteiger partial charge in [-0.3, -0.25) is 0 Å². The van der Waals surface area contributed by atoms with Gasteiger partial charge in [-0.2, -0.15) is 0 Å². The van der Waals surface area contributed by atoms with Crippen molar-refractivity contribution in [1.82, 2.24) is 0 Å². The predicted octanol–water partition coefficient (Wildman–Crippen LogP) is 2.97. The highest BCUT2D eigenvalue weighted by Gasteiger charge is 2.17. The molecule has 0 aliphatic rings. The van der Waals surface area contributed by atoms with Crippen molar-refractivity contribution >= 4 is 0 Å². The molecule has 2 rings (SSSR count). The molecule has 128 valence electrons. The number of aliphatic hydroxyl groups is 1. The van der Waals surface area contributed by atoms with Crippen LogP contribution >= 0.6 is 0 Å². The molecule has 1 aromatic carbocycles. The molecule has 0 radical (unpaired) electrons. The minimum absolute atomic E-state index is 0.0454. The first-order chi connectivity index (χ1) is 11.4. The van der Waals surface area contributed by atoms with E-state index in [4.69, 9.17) is 20.0 Å². The summed E-state index contributed by atoms with van der Waals surface area (Å²) in [7, 11) is 0. The Morgan fingerprint density at radius 1 is 1.21 bits per heavy atom. The van der Waals surface area contributed by atoms with Crippen LogP contribution in [0.4, 0.5) is 0 Å². The molecule has 2 aromatic rings. The molecule has 1 atom stereocenters. The van der Waals surface area contributed by atoms with E-state index in [1.165, 1.54) is 11.1 Å². The van der Waals surface area contributed by atoms with E-state index in [0.29, 0.717) is 25.2 Å². The van der Waals surface area contributed by atoms with Gasteiger partial charge in [-0.1, -0.05) is 12.0 Å². The van der Waals surface area contributed by atoms with Gasteiger partial charge in [-0.15, -0.1) is 0 Å². The molecule has 1 aromatic heterocycles. The van der Waals surface area contributed by atoms with Crippen LogP contribution in [-0.4, -0.2) is 23.9 Å². The maximum Gasteiger partial charge on any atom is 0.177 e. The van der Waals surface area contributed by atoms with Gasteiger partial charge in [0.05, 0.1) is 6.61 Å². The Balaban J connectivity index is 1.84. The Morgan fingerprint density at radius 3 is 2.71 bits per heavy atom. The van der Waals surface area contributed by atoms with Crippen LogP contribution in [0, 0.1) is 25.7 Å². The number of aryl methyl sites for hydroxylation is 3. The molecule has 24 heavy (non-hydrogen) atoms. The molecule has 0 amide bonds. The average molecular weight is 327 g/mol. The summed E-state index contributed by atoms with van der Waals surface area (Å²) in [4.78, 5) is 0. The molecule has 0 aliphatic carbocycles. The summed E-state index contributed by atoms with van der Waals surface area (Å²) in [6, 6.07) is 9.72. The second-order valence-electron chi connectivity index (χ2n) is 6.41. The van der Waals surface area contributed by atoms with E-state index in [9.17, 15) is 0 Å². The molecule has 0 bridgehead atoms. The minimum atomic E-state index is -0.585. The van der Waals surface area contributed by atoms with E-state index in [2.05, 4.69) is 25.7 Å². The van der Waals surface area contributed by atoms with E-state index in [0.717, 1.165) is 11.5 Å². The van der Waals surface area contributed by atoms with E-state index < -0.39 is 5.54 Å². The number of aliphatic hydroxyl groups excluding tert-OH is 1. The van der Waals surface area contributed by atoms with Gasteiger partial charge in [0.15, 0.2) is 5.76 Å². The largest absolute Gasteiger partial charge is 0.481 e. The number of hydrogen-bond donors (Lipinski definition) is 2. The Labute approximate surface area is 143 Å². The molecule has 0 saturated heterocycles. The van der Waals surface area contributed by atoms with Crippen molar-refractivity contribution in [1.29, 1.82) is 0 Å². The van der Waals surface area contributed by atoms with Gasteiger partial charge < -0.3 is 20.0 Å². The number of hydrogen-bond acceptors (Lipinski definition) is 4. The molecular formula is C20H25NO3. The van der Waals surface area contributed by atoms with Gasteiger partial charge in [0.25, 0.3) is 0 Å². The summed E-state index contributed by atoms with van der Waals surface area (Å²) in [5.74, 6) is 8.15. The topological polar surface area (TPSA) is 68.6 Å². The van der Waals surface area contributed by atoms with Crippen LogP contribution in [0.1, 0.15) is 36.0 Å². The van der Waals surface area contributed by atoms with Crippen molar-refractivity contribution in [3.63, 3.8) is 0 Å². The molecule has 0 spiro atoms. The highest BCUT2D eigenvalue weighted by Crippen LogP contribution is 2.16. The van der Waals surface area contributed by atoms with E-state index in [1.54, 1.807) is 0 Å². The van der Waals surface area contributed by atoms with E-state index in [1.807, 2.05) is 37.3 Å². The average Bonchev–Trinajstić information content (AvgIpc) is 3.01. The molecule has 4 heteroatoms. The van der Waals surface area contributed by atoms with Crippen LogP contribution in [0.3, 0.4) is 0 Å². The third kappa shape index (κ3) is 5.45. The van der Waals surface area contributed by atoms with Gasteiger partial charge in [0.2, 0.25) is 0 Å². The van der Waals surface area contributed by atoms with E-state index in [-0.39, 0.29) is 6.61 Å². The lowest BCUT2D eigenvalue weighted by Crippen LogP contribution is -2.40. The van der Waals surface area contributed by atoms with Crippen molar-refractivity contribution in [3.8, 4) is 17.6 Å². The third-order valence-electron chi connectivity index (χ3n) is 3.97. The maximum atomic E-state index is 9.15. The summed E-state index contributed by atoms with van der Waals surface area (Å²) in [5.41, 5.74) is 7.77. The van der Waals surface area contributed by atoms with Crippen molar-refractivity contribution < 1.29 is 14.3 Å². The fourth-order valence-corrected chi connectivity index (χ4v) is 2.11. The molecule has 3 N–H and O–H groups in total. The number of rotatable bonds is 6. The minimum Gasteiger partial charge on any atom is -0.481 e. The normalized spacial score (nSPS) is 13.0. The Hall–Kier alpha value is -2.22. The summed E-state index contributed by atoms with van der Waals surface area (Å²) in [5, 5.41) is 9.15. The third-order valence-corrected chi connectivity index (χ3v) is 3.97. The van der Waals surface area contributed by atoms with Gasteiger partial charge in [-0.05, 0) is 68.5 Å². The number of benzene rings is 1. The SMILES string of the molecule is Cc1ccc(OCC#Cc2ccc(CCC(C)(N)CO)o2)cc1C. The Morgan fingerprint density at radius 2 is 2.00 bits per heavy atom. The molecule has 1 heterocycles. The Kier molecular flexibility index (Phi) is 6.08. The zero-order chi connectivity index (χ0) is 17.6. The number of nitrogens with two attached hydrogens (primary N) is 1. The number of furan rings is 1. The number of ether oxygens (including phenoxy) is 1. The first kappa shape index (κ1) is 18.1. The monoisotopic (exact) mass is 327 g/mol. The second kappa shape index (κ2) is 8.05. The molecule has 4 nitrogen and oxygen atoms in total. The lowest BCUT2D eigenvalue weighted by atomic mass is 9.98. The van der Waals surface area contributed by atoms with Crippen LogP contribution in [-0.2, 0) is 6.42 Å². The fraction of sp³-hybridized carbons (Fsp3) is 0.400. The predicted molar refractivity (Wildman–Crippen MR) is 95.0 cm³/mol. The van der Waals surface area contributed by atoms with Crippen LogP contribution in [0.2, 0.25) is 0 Å². The van der Waals surface area contributed by atoms with Crippen molar-refractivity contribution in [2.45, 2.75) is 39.2 Å². The second-order valence-corrected chi connectivity index (χ2v) is 6.41. The highest BCUT2D eigenvalue weighted by atomic mass is 16.5. The summed E-state index contributed by atoms with van der Waals surface area (Å²) in [6.45, 7) is 6.21. The van der Waals surface area contributed by atoms with Crippen molar-refractivity contribution in [2.24, 2.45) is 5.73 Å². The molecule has 1 unspecified atom stereocenters. The smallest absolute Gasteiger partial charge is 0.177 e. The van der Waals surface area contributed by atoms with Crippen LogP contribution in [0.25, 0.3) is 0 Å². The summed E-state index contributed by atoms with van der Waals surface area (Å²) >= 11 is 0. The summed E-state index contributed by atoms with van der Waals surface area (Å²) in [6.07, 6.45) is 1.33. The van der Waals surface area contributed by atoms with Gasteiger partial charge in [0, 0.05) is 12.0 Å². The quantitative estimate of drug-likeness (QED) is 0.800. The Bertz CT molecular complexity index is 735. The highest BCUT2D eigenvalue weighted by molar-refractivity contribution is 5.34. The molecule has 0 saturated carbocycles. The fourth-order valence-electron chi connectivity index (χ4n) is 2.11. The van der Waals surface area contributed by atoms with Gasteiger partial charge in [-0.25, -0.2) is 0 Å². The van der Waals surface area contributed by atoms with Crippen LogP contribution in [0.5, 0.6) is 5.75 Å². The molecular weight excluding hydrogens is 302 g/mol. The zero-order valence-corrected chi connectivity index (χ0v) is 14.6. The zero-order valence-electron chi connectivity index (χ0n) is 14.6. The lowest BCUT2D eigenvalue weighted by Gasteiger charge is -2.20. The first-order valence-corrected chi connectivity index (χ1v) is 8.07. The van der Waals surface area contributed by atoms with Crippen LogP contribution in [0.15, 0.2) is 34.7 Å². The van der Waals surface area contributed by atoms with E-state index >= 15 is 0 Å². The standard InChI is InChI=1S/C20H25NO3/c1-15-6-7-19(13-16(15)2)23-12-4-5-17-8-9-18(24-17)10-11-20(3,21)14-22/h6-9,13,22H,10-12,14,21H2,1-3H3. The van der Waals surface area contributed by atoms with Gasteiger partial charge >= 0.3 is 0 Å².